The zero-order valence-corrected chi connectivity index (χ0v) is 12.1. The van der Waals surface area contributed by atoms with Crippen LogP contribution in [0.2, 0.25) is 0 Å². The maximum absolute atomic E-state index is 11.9. The predicted octanol–water partition coefficient (Wildman–Crippen LogP) is 1.24. The summed E-state index contributed by atoms with van der Waals surface area (Å²) in [6.07, 6.45) is 0.846. The second-order valence-electron chi connectivity index (χ2n) is 3.95. The van der Waals surface area contributed by atoms with Crippen LogP contribution < -0.4 is 10.6 Å². The molecule has 1 atom stereocenters. The largest absolute Gasteiger partial charge is 0.375 e. The van der Waals surface area contributed by atoms with Crippen LogP contribution in [0.3, 0.4) is 0 Å². The topological polar surface area (TPSA) is 63.2 Å². The first-order valence-corrected chi connectivity index (χ1v) is 7.48. The van der Waals surface area contributed by atoms with Crippen LogP contribution in [-0.4, -0.2) is 35.2 Å². The minimum atomic E-state index is -0.0859. The van der Waals surface area contributed by atoms with Crippen LogP contribution in [0.15, 0.2) is 0 Å². The van der Waals surface area contributed by atoms with E-state index in [2.05, 4.69) is 15.6 Å². The lowest BCUT2D eigenvalue weighted by Crippen LogP contribution is -2.37. The van der Waals surface area contributed by atoms with Gasteiger partial charge in [-0.3, -0.25) is 10.1 Å². The zero-order valence-electron chi connectivity index (χ0n) is 9.60. The van der Waals surface area contributed by atoms with E-state index in [1.165, 1.54) is 11.3 Å². The Morgan fingerprint density at radius 2 is 2.44 bits per heavy atom. The molecule has 0 radical (unpaired) electrons. The van der Waals surface area contributed by atoms with Crippen molar-refractivity contribution in [2.75, 3.05) is 23.6 Å². The van der Waals surface area contributed by atoms with Crippen molar-refractivity contribution < 1.29 is 9.53 Å². The van der Waals surface area contributed by atoms with E-state index < -0.39 is 0 Å². The first-order valence-electron chi connectivity index (χ1n) is 5.51. The SMILES string of the molecule is Cl.O=C(Nc1nc2c(s1)COCC2)C1CSCN1. The Labute approximate surface area is 119 Å². The molecule has 1 aromatic rings. The summed E-state index contributed by atoms with van der Waals surface area (Å²) >= 11 is 3.26. The van der Waals surface area contributed by atoms with E-state index >= 15 is 0 Å². The van der Waals surface area contributed by atoms with E-state index in [4.69, 9.17) is 4.74 Å². The number of nitrogens with zero attached hydrogens (tertiary/aromatic N) is 1. The molecule has 1 aromatic heterocycles. The molecule has 2 aliphatic heterocycles. The van der Waals surface area contributed by atoms with E-state index in [1.54, 1.807) is 11.8 Å². The fraction of sp³-hybridized carbons (Fsp3) is 0.600. The fourth-order valence-electron chi connectivity index (χ4n) is 1.83. The standard InChI is InChI=1S/C10H13N3O2S2.ClH/c14-9(7-4-16-5-11-7)13-10-12-6-1-2-15-3-8(6)17-10;/h7,11H,1-5H2,(H,12,13,14);1H. The molecule has 1 fully saturated rings. The number of carbonyl (C=O) groups excluding carboxylic acids is 1. The highest BCUT2D eigenvalue weighted by Gasteiger charge is 2.24. The van der Waals surface area contributed by atoms with Gasteiger partial charge in [0.05, 0.1) is 29.8 Å². The maximum atomic E-state index is 11.9. The normalized spacial score (nSPS) is 22.1. The summed E-state index contributed by atoms with van der Waals surface area (Å²) in [5.41, 5.74) is 1.07. The Kier molecular flexibility index (Phi) is 4.85. The van der Waals surface area contributed by atoms with Crippen molar-refractivity contribution in [1.82, 2.24) is 10.3 Å². The fourth-order valence-corrected chi connectivity index (χ4v) is 3.73. The van der Waals surface area contributed by atoms with Gasteiger partial charge in [0, 0.05) is 18.1 Å². The second kappa shape index (κ2) is 6.21. The molecule has 8 heteroatoms. The predicted molar refractivity (Wildman–Crippen MR) is 75.6 cm³/mol. The van der Waals surface area contributed by atoms with Gasteiger partial charge in [0.15, 0.2) is 5.13 Å². The summed E-state index contributed by atoms with van der Waals surface area (Å²) in [5, 5.41) is 6.72. The molecular formula is C10H14ClN3O2S2. The number of hydrogen-bond acceptors (Lipinski definition) is 6. The molecule has 1 saturated heterocycles. The molecule has 3 rings (SSSR count). The van der Waals surface area contributed by atoms with Crippen molar-refractivity contribution in [3.05, 3.63) is 10.6 Å². The molecule has 0 spiro atoms. The van der Waals surface area contributed by atoms with Gasteiger partial charge in [-0.05, 0) is 0 Å². The zero-order chi connectivity index (χ0) is 11.7. The summed E-state index contributed by atoms with van der Waals surface area (Å²) in [4.78, 5) is 17.4. The lowest BCUT2D eigenvalue weighted by atomic mass is 10.2. The summed E-state index contributed by atoms with van der Waals surface area (Å²) in [6.45, 7) is 1.35. The number of nitrogens with one attached hydrogen (secondary N) is 2. The van der Waals surface area contributed by atoms with E-state index in [1.807, 2.05) is 0 Å². The van der Waals surface area contributed by atoms with Crippen molar-refractivity contribution in [2.24, 2.45) is 0 Å². The number of aromatic nitrogens is 1. The quantitative estimate of drug-likeness (QED) is 0.861. The molecule has 100 valence electrons. The van der Waals surface area contributed by atoms with Crippen LogP contribution in [0.4, 0.5) is 5.13 Å². The third-order valence-electron chi connectivity index (χ3n) is 2.76. The minimum Gasteiger partial charge on any atom is -0.375 e. The van der Waals surface area contributed by atoms with Crippen LogP contribution >= 0.6 is 35.5 Å². The number of anilines is 1. The third-order valence-corrected chi connectivity index (χ3v) is 4.68. The van der Waals surface area contributed by atoms with Crippen molar-refractivity contribution in [1.29, 1.82) is 0 Å². The highest BCUT2D eigenvalue weighted by Crippen LogP contribution is 2.27. The molecule has 2 aliphatic rings. The number of hydrogen-bond donors (Lipinski definition) is 2. The van der Waals surface area contributed by atoms with Crippen molar-refractivity contribution in [2.45, 2.75) is 19.1 Å². The second-order valence-corrected chi connectivity index (χ2v) is 6.07. The number of halogens is 1. The molecule has 1 amide bonds. The highest BCUT2D eigenvalue weighted by atomic mass is 35.5. The van der Waals surface area contributed by atoms with Gasteiger partial charge in [0.1, 0.15) is 0 Å². The molecule has 5 nitrogen and oxygen atoms in total. The third kappa shape index (κ3) is 2.97. The van der Waals surface area contributed by atoms with Crippen LogP contribution in [0.5, 0.6) is 0 Å². The Morgan fingerprint density at radius 1 is 1.56 bits per heavy atom. The molecule has 18 heavy (non-hydrogen) atoms. The first kappa shape index (κ1) is 14.1. The van der Waals surface area contributed by atoms with Gasteiger partial charge < -0.3 is 10.1 Å². The van der Waals surface area contributed by atoms with Gasteiger partial charge in [-0.2, -0.15) is 0 Å². The van der Waals surface area contributed by atoms with Gasteiger partial charge in [0.25, 0.3) is 0 Å². The number of fused-ring (bicyclic) bond motifs is 1. The lowest BCUT2D eigenvalue weighted by Gasteiger charge is -2.08. The van der Waals surface area contributed by atoms with E-state index in [0.29, 0.717) is 11.7 Å². The first-order chi connectivity index (χ1) is 8.33. The molecular weight excluding hydrogens is 294 g/mol. The van der Waals surface area contributed by atoms with Gasteiger partial charge in [-0.15, -0.1) is 24.2 Å². The molecule has 0 aromatic carbocycles. The number of carbonyl (C=O) groups is 1. The average Bonchev–Trinajstić information content (AvgIpc) is 2.97. The number of amides is 1. The molecule has 3 heterocycles. The van der Waals surface area contributed by atoms with Gasteiger partial charge in [-0.1, -0.05) is 11.3 Å². The highest BCUT2D eigenvalue weighted by molar-refractivity contribution is 7.99. The Bertz CT molecular complexity index is 411. The number of ether oxygens (including phenoxy) is 1. The monoisotopic (exact) mass is 307 g/mol. The number of thiazole rings is 1. The maximum Gasteiger partial charge on any atom is 0.244 e. The van der Waals surface area contributed by atoms with Crippen LogP contribution in [0.25, 0.3) is 0 Å². The smallest absolute Gasteiger partial charge is 0.244 e. The summed E-state index contributed by atoms with van der Waals surface area (Å²) in [6, 6.07) is -0.0859. The molecule has 0 bridgehead atoms. The molecule has 0 saturated carbocycles. The van der Waals surface area contributed by atoms with Crippen LogP contribution in [0, 0.1) is 0 Å². The van der Waals surface area contributed by atoms with E-state index in [-0.39, 0.29) is 24.4 Å². The minimum absolute atomic E-state index is 0. The Morgan fingerprint density at radius 3 is 3.17 bits per heavy atom. The summed E-state index contributed by atoms with van der Waals surface area (Å²) in [7, 11) is 0. The number of rotatable bonds is 2. The van der Waals surface area contributed by atoms with Crippen LogP contribution in [-0.2, 0) is 22.6 Å². The molecule has 2 N–H and O–H groups in total. The van der Waals surface area contributed by atoms with E-state index in [0.717, 1.165) is 35.2 Å². The Hall–Kier alpha value is -0.340. The molecule has 1 unspecified atom stereocenters. The number of thioether (sulfide) groups is 1. The average molecular weight is 308 g/mol. The van der Waals surface area contributed by atoms with Gasteiger partial charge >= 0.3 is 0 Å². The summed E-state index contributed by atoms with van der Waals surface area (Å²) < 4.78 is 5.36. The molecule has 0 aliphatic carbocycles. The Balaban J connectivity index is 0.00000120. The lowest BCUT2D eigenvalue weighted by molar-refractivity contribution is -0.117. The summed E-state index contributed by atoms with van der Waals surface area (Å²) in [5.74, 6) is 1.70. The van der Waals surface area contributed by atoms with Crippen LogP contribution in [0.1, 0.15) is 10.6 Å². The van der Waals surface area contributed by atoms with Crippen molar-refractivity contribution >= 4 is 46.5 Å². The van der Waals surface area contributed by atoms with Crippen molar-refractivity contribution in [3.8, 4) is 0 Å². The van der Waals surface area contributed by atoms with Gasteiger partial charge in [-0.25, -0.2) is 4.98 Å². The van der Waals surface area contributed by atoms with E-state index in [9.17, 15) is 4.79 Å². The van der Waals surface area contributed by atoms with Gasteiger partial charge in [0.2, 0.25) is 5.91 Å². The van der Waals surface area contributed by atoms with Crippen molar-refractivity contribution in [3.63, 3.8) is 0 Å².